The van der Waals surface area contributed by atoms with Gasteiger partial charge in [-0.25, -0.2) is 0 Å². The summed E-state index contributed by atoms with van der Waals surface area (Å²) in [6.07, 6.45) is 0. The first-order valence-electron chi connectivity index (χ1n) is 5.19. The zero-order chi connectivity index (χ0) is 12.4. The van der Waals surface area contributed by atoms with E-state index in [-0.39, 0.29) is 10.6 Å². The van der Waals surface area contributed by atoms with E-state index in [0.717, 1.165) is 11.1 Å². The largest absolute Gasteiger partial charge is 0.398 e. The van der Waals surface area contributed by atoms with E-state index in [2.05, 4.69) is 0 Å². The van der Waals surface area contributed by atoms with Gasteiger partial charge in [0.1, 0.15) is 0 Å². The normalized spacial score (nSPS) is 10.2. The SMILES string of the molecule is Cc1cc(-c2ccccc2N)ccc1[N+](=O)[O-]. The van der Waals surface area contributed by atoms with Crippen LogP contribution in [-0.2, 0) is 0 Å². The van der Waals surface area contributed by atoms with Crippen molar-refractivity contribution in [3.8, 4) is 11.1 Å². The minimum absolute atomic E-state index is 0.128. The monoisotopic (exact) mass is 228 g/mol. The van der Waals surface area contributed by atoms with Crippen LogP contribution in [0.15, 0.2) is 42.5 Å². The molecule has 0 aliphatic rings. The maximum atomic E-state index is 10.7. The van der Waals surface area contributed by atoms with E-state index in [4.69, 9.17) is 5.73 Å². The average molecular weight is 228 g/mol. The molecule has 4 heteroatoms. The van der Waals surface area contributed by atoms with Crippen molar-refractivity contribution < 1.29 is 4.92 Å². The molecule has 0 unspecified atom stereocenters. The molecular formula is C13H12N2O2. The molecule has 4 nitrogen and oxygen atoms in total. The van der Waals surface area contributed by atoms with Crippen LogP contribution in [0.3, 0.4) is 0 Å². The molecule has 0 atom stereocenters. The predicted molar refractivity (Wildman–Crippen MR) is 67.7 cm³/mol. The molecule has 2 aromatic carbocycles. The summed E-state index contributed by atoms with van der Waals surface area (Å²) in [5.74, 6) is 0. The van der Waals surface area contributed by atoms with Gasteiger partial charge in [-0.15, -0.1) is 0 Å². The molecule has 0 aliphatic heterocycles. The maximum Gasteiger partial charge on any atom is 0.272 e. The molecule has 0 aliphatic carbocycles. The van der Waals surface area contributed by atoms with Crippen LogP contribution < -0.4 is 5.73 Å². The minimum Gasteiger partial charge on any atom is -0.398 e. The number of hydrogen-bond acceptors (Lipinski definition) is 3. The molecule has 86 valence electrons. The van der Waals surface area contributed by atoms with E-state index >= 15 is 0 Å². The first-order valence-corrected chi connectivity index (χ1v) is 5.19. The van der Waals surface area contributed by atoms with E-state index < -0.39 is 0 Å². The molecule has 17 heavy (non-hydrogen) atoms. The number of rotatable bonds is 2. The second-order valence-corrected chi connectivity index (χ2v) is 3.85. The second-order valence-electron chi connectivity index (χ2n) is 3.85. The van der Waals surface area contributed by atoms with Crippen LogP contribution in [0.25, 0.3) is 11.1 Å². The van der Waals surface area contributed by atoms with Crippen LogP contribution in [0.1, 0.15) is 5.56 Å². The molecule has 2 rings (SSSR count). The summed E-state index contributed by atoms with van der Waals surface area (Å²) >= 11 is 0. The highest BCUT2D eigenvalue weighted by molar-refractivity contribution is 5.77. The molecular weight excluding hydrogens is 216 g/mol. The van der Waals surface area contributed by atoms with Gasteiger partial charge in [0, 0.05) is 22.9 Å². The highest BCUT2D eigenvalue weighted by atomic mass is 16.6. The van der Waals surface area contributed by atoms with Gasteiger partial charge in [0.15, 0.2) is 0 Å². The Kier molecular flexibility index (Phi) is 2.78. The van der Waals surface area contributed by atoms with Crippen molar-refractivity contribution in [1.29, 1.82) is 0 Å². The highest BCUT2D eigenvalue weighted by Crippen LogP contribution is 2.29. The Morgan fingerprint density at radius 1 is 1.18 bits per heavy atom. The fourth-order valence-electron chi connectivity index (χ4n) is 1.79. The highest BCUT2D eigenvalue weighted by Gasteiger charge is 2.11. The summed E-state index contributed by atoms with van der Waals surface area (Å²) in [6, 6.07) is 12.5. The number of nitrogen functional groups attached to an aromatic ring is 1. The molecule has 0 amide bonds. The molecule has 0 spiro atoms. The number of hydrogen-bond donors (Lipinski definition) is 1. The number of anilines is 1. The van der Waals surface area contributed by atoms with Crippen LogP contribution in [-0.4, -0.2) is 4.92 Å². The fourth-order valence-corrected chi connectivity index (χ4v) is 1.79. The first kappa shape index (κ1) is 11.1. The molecule has 2 N–H and O–H groups in total. The van der Waals surface area contributed by atoms with Crippen molar-refractivity contribution in [1.82, 2.24) is 0 Å². The third kappa shape index (κ3) is 2.10. The van der Waals surface area contributed by atoms with Crippen molar-refractivity contribution in [2.45, 2.75) is 6.92 Å². The summed E-state index contributed by atoms with van der Waals surface area (Å²) in [6.45, 7) is 1.72. The first-order chi connectivity index (χ1) is 8.09. The lowest BCUT2D eigenvalue weighted by Gasteiger charge is -2.06. The molecule has 0 radical (unpaired) electrons. The van der Waals surface area contributed by atoms with Gasteiger partial charge in [-0.2, -0.15) is 0 Å². The van der Waals surface area contributed by atoms with Gasteiger partial charge < -0.3 is 5.73 Å². The maximum absolute atomic E-state index is 10.7. The van der Waals surface area contributed by atoms with Gasteiger partial charge in [-0.1, -0.05) is 18.2 Å². The Balaban J connectivity index is 2.52. The molecule has 0 aromatic heterocycles. The molecule has 0 saturated heterocycles. The number of benzene rings is 2. The van der Waals surface area contributed by atoms with Crippen LogP contribution in [0.5, 0.6) is 0 Å². The Hall–Kier alpha value is -2.36. The molecule has 0 heterocycles. The Morgan fingerprint density at radius 3 is 2.47 bits per heavy atom. The van der Waals surface area contributed by atoms with Crippen molar-refractivity contribution in [3.63, 3.8) is 0 Å². The quantitative estimate of drug-likeness (QED) is 0.487. The second kappa shape index (κ2) is 4.25. The number of para-hydroxylation sites is 1. The lowest BCUT2D eigenvalue weighted by atomic mass is 10.0. The van der Waals surface area contributed by atoms with Crippen LogP contribution in [0, 0.1) is 17.0 Å². The standard InChI is InChI=1S/C13H12N2O2/c1-9-8-10(6-7-13(9)15(16)17)11-4-2-3-5-12(11)14/h2-8H,14H2,1H3. The molecule has 2 aromatic rings. The smallest absolute Gasteiger partial charge is 0.272 e. The van der Waals surface area contributed by atoms with Crippen LogP contribution >= 0.6 is 0 Å². The molecule has 0 bridgehead atoms. The Labute approximate surface area is 98.8 Å². The zero-order valence-corrected chi connectivity index (χ0v) is 9.38. The molecule has 0 fully saturated rings. The fraction of sp³-hybridized carbons (Fsp3) is 0.0769. The van der Waals surface area contributed by atoms with Crippen molar-refractivity contribution in [3.05, 3.63) is 58.1 Å². The predicted octanol–water partition coefficient (Wildman–Crippen LogP) is 3.15. The van der Waals surface area contributed by atoms with E-state index in [1.54, 1.807) is 19.1 Å². The third-order valence-electron chi connectivity index (χ3n) is 2.67. The van der Waals surface area contributed by atoms with Crippen molar-refractivity contribution in [2.24, 2.45) is 0 Å². The van der Waals surface area contributed by atoms with E-state index in [9.17, 15) is 10.1 Å². The van der Waals surface area contributed by atoms with Crippen LogP contribution in [0.2, 0.25) is 0 Å². The lowest BCUT2D eigenvalue weighted by Crippen LogP contribution is -1.93. The summed E-state index contributed by atoms with van der Waals surface area (Å²) in [7, 11) is 0. The van der Waals surface area contributed by atoms with Gasteiger partial charge in [-0.3, -0.25) is 10.1 Å². The topological polar surface area (TPSA) is 69.2 Å². The average Bonchev–Trinajstić information content (AvgIpc) is 2.29. The number of aryl methyl sites for hydroxylation is 1. The van der Waals surface area contributed by atoms with Gasteiger partial charge >= 0.3 is 0 Å². The number of nitro benzene ring substituents is 1. The Bertz CT molecular complexity index is 579. The van der Waals surface area contributed by atoms with Gasteiger partial charge in [0.25, 0.3) is 5.69 Å². The summed E-state index contributed by atoms with van der Waals surface area (Å²) in [5, 5.41) is 10.7. The van der Waals surface area contributed by atoms with E-state index in [1.165, 1.54) is 6.07 Å². The Morgan fingerprint density at radius 2 is 1.88 bits per heavy atom. The minimum atomic E-state index is -0.381. The van der Waals surface area contributed by atoms with Gasteiger partial charge in [-0.05, 0) is 30.7 Å². The number of nitrogens with two attached hydrogens (primary N) is 1. The summed E-state index contributed by atoms with van der Waals surface area (Å²) in [5.41, 5.74) is 9.09. The summed E-state index contributed by atoms with van der Waals surface area (Å²) < 4.78 is 0. The van der Waals surface area contributed by atoms with Crippen molar-refractivity contribution >= 4 is 11.4 Å². The van der Waals surface area contributed by atoms with Gasteiger partial charge in [0.2, 0.25) is 0 Å². The van der Waals surface area contributed by atoms with Crippen molar-refractivity contribution in [2.75, 3.05) is 5.73 Å². The number of nitrogens with zero attached hydrogens (tertiary/aromatic N) is 1. The zero-order valence-electron chi connectivity index (χ0n) is 9.38. The summed E-state index contributed by atoms with van der Waals surface area (Å²) in [4.78, 5) is 10.3. The van der Waals surface area contributed by atoms with Crippen LogP contribution in [0.4, 0.5) is 11.4 Å². The lowest BCUT2D eigenvalue weighted by molar-refractivity contribution is -0.385. The van der Waals surface area contributed by atoms with Gasteiger partial charge in [0.05, 0.1) is 4.92 Å². The number of nitro groups is 1. The van der Waals surface area contributed by atoms with E-state index in [1.807, 2.05) is 24.3 Å². The molecule has 0 saturated carbocycles. The third-order valence-corrected chi connectivity index (χ3v) is 2.67. The van der Waals surface area contributed by atoms with E-state index in [0.29, 0.717) is 11.3 Å².